The number of benzene rings is 3. The second kappa shape index (κ2) is 5.91. The Balaban J connectivity index is 1.93. The molecule has 1 aromatic heterocycles. The van der Waals surface area contributed by atoms with E-state index in [2.05, 4.69) is 66.9 Å². The maximum atomic E-state index is 5.51. The minimum absolute atomic E-state index is 0.947. The maximum absolute atomic E-state index is 5.51. The first kappa shape index (κ1) is 14.6. The van der Waals surface area contributed by atoms with E-state index in [1.807, 2.05) is 11.3 Å². The van der Waals surface area contributed by atoms with Gasteiger partial charge < -0.3 is 4.74 Å². The van der Waals surface area contributed by atoms with Crippen molar-refractivity contribution in [2.24, 2.45) is 0 Å². The van der Waals surface area contributed by atoms with Gasteiger partial charge in [-0.25, -0.2) is 0 Å². The van der Waals surface area contributed by atoms with Crippen molar-refractivity contribution >= 4 is 44.0 Å². The lowest BCUT2D eigenvalue weighted by Gasteiger charge is -2.08. The van der Waals surface area contributed by atoms with E-state index >= 15 is 0 Å². The van der Waals surface area contributed by atoms with E-state index in [4.69, 9.17) is 4.74 Å². The fourth-order valence-electron chi connectivity index (χ4n) is 2.86. The van der Waals surface area contributed by atoms with E-state index in [0.29, 0.717) is 0 Å². The summed E-state index contributed by atoms with van der Waals surface area (Å²) in [6.45, 7) is 0. The van der Waals surface area contributed by atoms with Crippen LogP contribution in [0, 0.1) is 0 Å². The number of hydrogen-bond donors (Lipinski definition) is 0. The highest BCUT2D eigenvalue weighted by Crippen LogP contribution is 2.38. The standard InChI is InChI=1S/C20H16OS2/c1-21-17-9-14-8-16-12-18(13-6-4-3-5-7-13)23-19(16)10-15(14)11-20(17)22-2/h3-12H,1-2H3. The maximum Gasteiger partial charge on any atom is 0.133 e. The number of thioether (sulfide) groups is 1. The molecule has 0 bridgehead atoms. The molecular weight excluding hydrogens is 320 g/mol. The van der Waals surface area contributed by atoms with Crippen molar-refractivity contribution in [2.45, 2.75) is 4.90 Å². The highest BCUT2D eigenvalue weighted by molar-refractivity contribution is 7.98. The zero-order valence-electron chi connectivity index (χ0n) is 13.0. The van der Waals surface area contributed by atoms with E-state index < -0.39 is 0 Å². The van der Waals surface area contributed by atoms with Gasteiger partial charge in [-0.3, -0.25) is 0 Å². The summed E-state index contributed by atoms with van der Waals surface area (Å²) in [4.78, 5) is 2.49. The van der Waals surface area contributed by atoms with Crippen molar-refractivity contribution in [2.75, 3.05) is 13.4 Å². The molecule has 0 fully saturated rings. The third-order valence-corrected chi connectivity index (χ3v) is 5.94. The fraction of sp³-hybridized carbons (Fsp3) is 0.100. The Morgan fingerprint density at radius 2 is 1.65 bits per heavy atom. The average Bonchev–Trinajstić information content (AvgIpc) is 3.02. The average molecular weight is 336 g/mol. The fourth-order valence-corrected chi connectivity index (χ4v) is 4.55. The molecule has 0 aliphatic heterocycles. The minimum atomic E-state index is 0.947. The van der Waals surface area contributed by atoms with Gasteiger partial charge in [-0.15, -0.1) is 23.1 Å². The second-order valence-corrected chi connectivity index (χ2v) is 7.35. The summed E-state index contributed by atoms with van der Waals surface area (Å²) in [6, 6.07) is 21.8. The van der Waals surface area contributed by atoms with Gasteiger partial charge in [0.05, 0.1) is 7.11 Å². The molecule has 0 saturated carbocycles. The van der Waals surface area contributed by atoms with Gasteiger partial charge in [0.1, 0.15) is 5.75 Å². The lowest BCUT2D eigenvalue weighted by Crippen LogP contribution is -1.86. The zero-order valence-corrected chi connectivity index (χ0v) is 14.6. The van der Waals surface area contributed by atoms with Crippen molar-refractivity contribution in [3.8, 4) is 16.2 Å². The molecule has 4 rings (SSSR count). The van der Waals surface area contributed by atoms with Gasteiger partial charge in [-0.05, 0) is 58.3 Å². The quantitative estimate of drug-likeness (QED) is 0.397. The number of ether oxygens (including phenoxy) is 1. The molecule has 0 aliphatic rings. The lowest BCUT2D eigenvalue weighted by molar-refractivity contribution is 0.405. The Morgan fingerprint density at radius 3 is 2.39 bits per heavy atom. The molecule has 0 spiro atoms. The van der Waals surface area contributed by atoms with Crippen LogP contribution >= 0.6 is 23.1 Å². The number of methoxy groups -OCH3 is 1. The SMILES string of the molecule is COc1cc2cc3cc(-c4ccccc4)sc3cc2cc1SC. The van der Waals surface area contributed by atoms with Crippen molar-refractivity contribution in [3.63, 3.8) is 0 Å². The smallest absolute Gasteiger partial charge is 0.133 e. The molecule has 0 amide bonds. The van der Waals surface area contributed by atoms with Gasteiger partial charge >= 0.3 is 0 Å². The van der Waals surface area contributed by atoms with Crippen LogP contribution in [0.5, 0.6) is 5.75 Å². The van der Waals surface area contributed by atoms with Crippen molar-refractivity contribution < 1.29 is 4.74 Å². The zero-order chi connectivity index (χ0) is 15.8. The van der Waals surface area contributed by atoms with Crippen LogP contribution in [0.2, 0.25) is 0 Å². The molecular formula is C20H16OS2. The lowest BCUT2D eigenvalue weighted by atomic mass is 10.1. The van der Waals surface area contributed by atoms with Crippen LogP contribution in [0.15, 0.2) is 65.6 Å². The van der Waals surface area contributed by atoms with Crippen molar-refractivity contribution in [1.82, 2.24) is 0 Å². The number of rotatable bonds is 3. The Bertz CT molecular complexity index is 926. The van der Waals surface area contributed by atoms with Gasteiger partial charge in [0.15, 0.2) is 0 Å². The van der Waals surface area contributed by atoms with Gasteiger partial charge in [-0.2, -0.15) is 0 Å². The van der Waals surface area contributed by atoms with E-state index in [9.17, 15) is 0 Å². The monoisotopic (exact) mass is 336 g/mol. The summed E-state index contributed by atoms with van der Waals surface area (Å²) in [5, 5.41) is 3.79. The Kier molecular flexibility index (Phi) is 3.76. The van der Waals surface area contributed by atoms with Crippen molar-refractivity contribution in [1.29, 1.82) is 0 Å². The van der Waals surface area contributed by atoms with Crippen LogP contribution in [0.1, 0.15) is 0 Å². The summed E-state index contributed by atoms with van der Waals surface area (Å²) in [5.74, 6) is 0.947. The molecule has 3 aromatic carbocycles. The third kappa shape index (κ3) is 2.60. The predicted molar refractivity (Wildman–Crippen MR) is 103 cm³/mol. The van der Waals surface area contributed by atoms with Crippen LogP contribution in [0.25, 0.3) is 31.3 Å². The van der Waals surface area contributed by atoms with E-state index in [0.717, 1.165) is 5.75 Å². The van der Waals surface area contributed by atoms with Crippen LogP contribution in [-0.2, 0) is 0 Å². The molecule has 0 atom stereocenters. The van der Waals surface area contributed by atoms with E-state index in [1.54, 1.807) is 18.9 Å². The summed E-state index contributed by atoms with van der Waals surface area (Å²) in [7, 11) is 1.73. The molecule has 0 N–H and O–H groups in total. The number of fused-ring (bicyclic) bond motifs is 2. The normalized spacial score (nSPS) is 11.2. The predicted octanol–water partition coefficient (Wildman–Crippen LogP) is 6.45. The Hall–Kier alpha value is -1.97. The van der Waals surface area contributed by atoms with E-state index in [1.165, 1.54) is 36.2 Å². The molecule has 0 saturated heterocycles. The molecule has 0 radical (unpaired) electrons. The Morgan fingerprint density at radius 1 is 0.870 bits per heavy atom. The molecule has 114 valence electrons. The largest absolute Gasteiger partial charge is 0.496 e. The third-order valence-electron chi connectivity index (χ3n) is 4.04. The topological polar surface area (TPSA) is 9.23 Å². The van der Waals surface area contributed by atoms with Gasteiger partial charge in [0, 0.05) is 14.5 Å². The molecule has 0 aliphatic carbocycles. The summed E-state index contributed by atoms with van der Waals surface area (Å²) < 4.78 is 6.84. The Labute approximate surface area is 143 Å². The molecule has 23 heavy (non-hydrogen) atoms. The van der Waals surface area contributed by atoms with Crippen LogP contribution in [0.4, 0.5) is 0 Å². The first-order chi connectivity index (χ1) is 11.3. The van der Waals surface area contributed by atoms with Crippen molar-refractivity contribution in [3.05, 3.63) is 60.7 Å². The number of thiophene rings is 1. The molecule has 1 nitrogen and oxygen atoms in total. The van der Waals surface area contributed by atoms with Crippen LogP contribution in [0.3, 0.4) is 0 Å². The van der Waals surface area contributed by atoms with Gasteiger partial charge in [0.25, 0.3) is 0 Å². The first-order valence-corrected chi connectivity index (χ1v) is 9.47. The second-order valence-electron chi connectivity index (χ2n) is 5.42. The van der Waals surface area contributed by atoms with E-state index in [-0.39, 0.29) is 0 Å². The first-order valence-electron chi connectivity index (χ1n) is 7.43. The molecule has 0 unspecified atom stereocenters. The highest BCUT2D eigenvalue weighted by atomic mass is 32.2. The molecule has 4 aromatic rings. The number of hydrogen-bond acceptors (Lipinski definition) is 3. The summed E-state index contributed by atoms with van der Waals surface area (Å²) in [5.41, 5.74) is 1.28. The summed E-state index contributed by atoms with van der Waals surface area (Å²) in [6.07, 6.45) is 2.08. The highest BCUT2D eigenvalue weighted by Gasteiger charge is 2.09. The summed E-state index contributed by atoms with van der Waals surface area (Å²) >= 11 is 3.57. The van der Waals surface area contributed by atoms with Crippen LogP contribution in [-0.4, -0.2) is 13.4 Å². The molecule has 1 heterocycles. The van der Waals surface area contributed by atoms with Crippen LogP contribution < -0.4 is 4.74 Å². The van der Waals surface area contributed by atoms with Gasteiger partial charge in [-0.1, -0.05) is 30.3 Å². The van der Waals surface area contributed by atoms with Gasteiger partial charge in [0.2, 0.25) is 0 Å². The molecule has 3 heteroatoms. The minimum Gasteiger partial charge on any atom is -0.496 e.